The van der Waals surface area contributed by atoms with Gasteiger partial charge in [0.05, 0.1) is 0 Å². The van der Waals surface area contributed by atoms with Crippen LogP contribution in [0.4, 0.5) is 0 Å². The van der Waals surface area contributed by atoms with Crippen molar-refractivity contribution in [1.29, 1.82) is 0 Å². The Morgan fingerprint density at radius 3 is 2.41 bits per heavy atom. The minimum Gasteiger partial charge on any atom is -0.263 e. The molecular weight excluding hydrogens is 206 g/mol. The molecular formula is C16H29N. The molecule has 0 saturated heterocycles. The maximum atomic E-state index is 4.72. The zero-order chi connectivity index (χ0) is 13.3. The van der Waals surface area contributed by atoms with Crippen LogP contribution in [0.2, 0.25) is 0 Å². The normalized spacial score (nSPS) is 14.9. The van der Waals surface area contributed by atoms with Gasteiger partial charge < -0.3 is 0 Å². The second-order valence-corrected chi connectivity index (χ2v) is 4.96. The molecule has 0 rings (SSSR count). The molecule has 0 radical (unpaired) electrons. The highest BCUT2D eigenvalue weighted by Crippen LogP contribution is 2.19. The van der Waals surface area contributed by atoms with Gasteiger partial charge in [-0.25, -0.2) is 0 Å². The molecule has 0 aromatic rings. The van der Waals surface area contributed by atoms with Gasteiger partial charge in [-0.15, -0.1) is 0 Å². The van der Waals surface area contributed by atoms with Crippen LogP contribution in [0.3, 0.4) is 0 Å². The highest BCUT2D eigenvalue weighted by atomic mass is 14.8. The predicted octanol–water partition coefficient (Wildman–Crippen LogP) is 5.53. The van der Waals surface area contributed by atoms with Crippen LogP contribution in [-0.2, 0) is 0 Å². The van der Waals surface area contributed by atoms with Crippen molar-refractivity contribution in [2.24, 2.45) is 10.9 Å². The first kappa shape index (κ1) is 16.1. The van der Waals surface area contributed by atoms with Gasteiger partial charge in [-0.3, -0.25) is 4.99 Å². The van der Waals surface area contributed by atoms with Gasteiger partial charge in [0.15, 0.2) is 0 Å². The number of aliphatic imine (C=N–C) groups is 1. The summed E-state index contributed by atoms with van der Waals surface area (Å²) in [6.07, 6.45) is 7.72. The van der Waals surface area contributed by atoms with Crippen LogP contribution in [0.25, 0.3) is 0 Å². The van der Waals surface area contributed by atoms with Crippen molar-refractivity contribution in [3.63, 3.8) is 0 Å². The fourth-order valence-electron chi connectivity index (χ4n) is 1.59. The summed E-state index contributed by atoms with van der Waals surface area (Å²) >= 11 is 0. The first-order chi connectivity index (χ1) is 8.03. The Morgan fingerprint density at radius 2 is 1.94 bits per heavy atom. The number of rotatable bonds is 8. The summed E-state index contributed by atoms with van der Waals surface area (Å²) in [5, 5.41) is 0. The molecule has 0 aliphatic carbocycles. The summed E-state index contributed by atoms with van der Waals surface area (Å²) in [7, 11) is 0. The molecule has 1 heteroatoms. The molecule has 0 saturated carbocycles. The van der Waals surface area contributed by atoms with E-state index in [1.54, 1.807) is 0 Å². The Balaban J connectivity index is 4.78. The van der Waals surface area contributed by atoms with Crippen LogP contribution in [-0.4, -0.2) is 5.71 Å². The Kier molecular flexibility index (Phi) is 8.75. The smallest absolute Gasteiger partial charge is 0.0408 e. The van der Waals surface area contributed by atoms with E-state index in [9.17, 15) is 0 Å². The third-order valence-electron chi connectivity index (χ3n) is 3.04. The Morgan fingerprint density at radius 1 is 1.29 bits per heavy atom. The quantitative estimate of drug-likeness (QED) is 0.387. The zero-order valence-electron chi connectivity index (χ0n) is 12.3. The number of hydrogen-bond donors (Lipinski definition) is 0. The van der Waals surface area contributed by atoms with Crippen LogP contribution < -0.4 is 0 Å². The van der Waals surface area contributed by atoms with E-state index in [0.29, 0.717) is 5.92 Å². The summed E-state index contributed by atoms with van der Waals surface area (Å²) in [5.41, 5.74) is 3.62. The van der Waals surface area contributed by atoms with Gasteiger partial charge in [0.25, 0.3) is 0 Å². The number of allylic oxidation sites excluding steroid dienone is 3. The maximum absolute atomic E-state index is 4.72. The van der Waals surface area contributed by atoms with E-state index >= 15 is 0 Å². The first-order valence-electron chi connectivity index (χ1n) is 6.95. The highest BCUT2D eigenvalue weighted by molar-refractivity contribution is 5.82. The standard InChI is InChI=1S/C16H29N/c1-7-10-14(5)12-16(11-13(4)8-2)17-15(6)9-3/h12-13H,5,7-11H2,1-4,6H3/b16-12-,17-15-. The van der Waals surface area contributed by atoms with Gasteiger partial charge in [0, 0.05) is 11.4 Å². The minimum atomic E-state index is 0.698. The van der Waals surface area contributed by atoms with Crippen LogP contribution in [0.5, 0.6) is 0 Å². The predicted molar refractivity (Wildman–Crippen MR) is 79.6 cm³/mol. The SMILES string of the molecule is C=C(/C=C(CC(C)CC)\N=C(\C)CC)CCC. The summed E-state index contributed by atoms with van der Waals surface area (Å²) in [6.45, 7) is 15.1. The molecule has 98 valence electrons. The summed E-state index contributed by atoms with van der Waals surface area (Å²) in [4.78, 5) is 4.72. The third-order valence-corrected chi connectivity index (χ3v) is 3.04. The molecule has 1 nitrogen and oxygen atoms in total. The molecule has 0 N–H and O–H groups in total. The monoisotopic (exact) mass is 235 g/mol. The van der Waals surface area contributed by atoms with Crippen molar-refractivity contribution in [1.82, 2.24) is 0 Å². The van der Waals surface area contributed by atoms with Crippen LogP contribution in [0, 0.1) is 5.92 Å². The van der Waals surface area contributed by atoms with Gasteiger partial charge in [0.1, 0.15) is 0 Å². The lowest BCUT2D eigenvalue weighted by Crippen LogP contribution is -1.97. The molecule has 1 unspecified atom stereocenters. The fourth-order valence-corrected chi connectivity index (χ4v) is 1.59. The van der Waals surface area contributed by atoms with Gasteiger partial charge in [-0.1, -0.05) is 52.7 Å². The van der Waals surface area contributed by atoms with E-state index in [2.05, 4.69) is 47.3 Å². The largest absolute Gasteiger partial charge is 0.263 e. The lowest BCUT2D eigenvalue weighted by atomic mass is 10.0. The van der Waals surface area contributed by atoms with E-state index in [4.69, 9.17) is 4.99 Å². The molecule has 0 fully saturated rings. The topological polar surface area (TPSA) is 12.4 Å². The van der Waals surface area contributed by atoms with Crippen molar-refractivity contribution < 1.29 is 0 Å². The van der Waals surface area contributed by atoms with E-state index in [0.717, 1.165) is 25.7 Å². The van der Waals surface area contributed by atoms with Gasteiger partial charge >= 0.3 is 0 Å². The summed E-state index contributed by atoms with van der Waals surface area (Å²) in [6, 6.07) is 0. The number of nitrogens with zero attached hydrogens (tertiary/aromatic N) is 1. The average Bonchev–Trinajstić information content (AvgIpc) is 2.28. The van der Waals surface area contributed by atoms with Crippen molar-refractivity contribution in [3.8, 4) is 0 Å². The Labute approximate surface area is 108 Å². The zero-order valence-corrected chi connectivity index (χ0v) is 12.3. The van der Waals surface area contributed by atoms with E-state index in [1.807, 2.05) is 0 Å². The van der Waals surface area contributed by atoms with Crippen molar-refractivity contribution in [3.05, 3.63) is 23.9 Å². The molecule has 0 heterocycles. The minimum absolute atomic E-state index is 0.698. The van der Waals surface area contributed by atoms with E-state index in [-0.39, 0.29) is 0 Å². The second kappa shape index (κ2) is 9.21. The Bertz CT molecular complexity index is 284. The molecule has 0 spiro atoms. The highest BCUT2D eigenvalue weighted by Gasteiger charge is 2.04. The molecule has 0 aliphatic heterocycles. The van der Waals surface area contributed by atoms with Gasteiger partial charge in [0.2, 0.25) is 0 Å². The molecule has 0 bridgehead atoms. The van der Waals surface area contributed by atoms with Crippen molar-refractivity contribution >= 4 is 5.71 Å². The van der Waals surface area contributed by atoms with Crippen LogP contribution in [0.15, 0.2) is 28.9 Å². The first-order valence-corrected chi connectivity index (χ1v) is 6.95. The lowest BCUT2D eigenvalue weighted by molar-refractivity contribution is 0.554. The van der Waals surface area contributed by atoms with Gasteiger partial charge in [-0.05, 0) is 38.2 Å². The van der Waals surface area contributed by atoms with Crippen LogP contribution >= 0.6 is 0 Å². The molecule has 0 aromatic carbocycles. The maximum Gasteiger partial charge on any atom is 0.0408 e. The fraction of sp³-hybridized carbons (Fsp3) is 0.688. The van der Waals surface area contributed by atoms with Crippen molar-refractivity contribution in [2.45, 2.75) is 66.7 Å². The number of hydrogen-bond acceptors (Lipinski definition) is 1. The van der Waals surface area contributed by atoms with Gasteiger partial charge in [-0.2, -0.15) is 0 Å². The molecule has 17 heavy (non-hydrogen) atoms. The summed E-state index contributed by atoms with van der Waals surface area (Å²) in [5.74, 6) is 0.698. The van der Waals surface area contributed by atoms with Crippen LogP contribution in [0.1, 0.15) is 66.7 Å². The lowest BCUT2D eigenvalue weighted by Gasteiger charge is -2.10. The van der Waals surface area contributed by atoms with E-state index in [1.165, 1.54) is 23.4 Å². The summed E-state index contributed by atoms with van der Waals surface area (Å²) < 4.78 is 0. The second-order valence-electron chi connectivity index (χ2n) is 4.96. The average molecular weight is 235 g/mol. The molecule has 0 amide bonds. The third kappa shape index (κ3) is 7.95. The molecule has 1 atom stereocenters. The molecule has 0 aliphatic rings. The molecule has 0 aromatic heterocycles. The van der Waals surface area contributed by atoms with E-state index < -0.39 is 0 Å². The Hall–Kier alpha value is -0.850. The van der Waals surface area contributed by atoms with Crippen molar-refractivity contribution in [2.75, 3.05) is 0 Å².